The second kappa shape index (κ2) is 9.83. The zero-order valence-electron chi connectivity index (χ0n) is 22.7. The smallest absolute Gasteiger partial charge is 0.352 e. The van der Waals surface area contributed by atoms with Gasteiger partial charge < -0.3 is 15.1 Å². The highest BCUT2D eigenvalue weighted by atomic mass is 32.2. The quantitative estimate of drug-likeness (QED) is 0.160. The minimum atomic E-state index is -1.11. The molecule has 2 aliphatic heterocycles. The van der Waals surface area contributed by atoms with E-state index in [1.54, 1.807) is 41.4 Å². The number of aliphatic hydroxyl groups excluding tert-OH is 1. The number of aliphatic hydroxyl groups is 1. The van der Waals surface area contributed by atoms with Crippen molar-refractivity contribution in [2.75, 3.05) is 6.26 Å². The molecule has 1 amide bonds. The van der Waals surface area contributed by atoms with Gasteiger partial charge in [-0.2, -0.15) is 8.80 Å². The molecule has 12 heteroatoms. The molecule has 4 atom stereocenters. The Bertz CT molecular complexity index is 1830. The molecule has 0 unspecified atom stereocenters. The number of carboxylic acids is 1. The first kappa shape index (κ1) is 26.4. The molecule has 4 aromatic heterocycles. The summed E-state index contributed by atoms with van der Waals surface area (Å²) in [7, 11) is 0. The van der Waals surface area contributed by atoms with Crippen molar-refractivity contribution in [3.05, 3.63) is 82.6 Å². The highest BCUT2D eigenvalue weighted by Gasteiger charge is 2.60. The van der Waals surface area contributed by atoms with Crippen LogP contribution in [0, 0.1) is 11.8 Å². The molecular weight excluding hydrogens is 579 g/mol. The number of thioether (sulfide) groups is 1. The van der Waals surface area contributed by atoms with Gasteiger partial charge in [-0.25, -0.2) is 13.9 Å². The summed E-state index contributed by atoms with van der Waals surface area (Å²) in [6.45, 7) is 5.09. The average Bonchev–Trinajstić information content (AvgIpc) is 3.71. The van der Waals surface area contributed by atoms with Gasteiger partial charge in [0.15, 0.2) is 0 Å². The van der Waals surface area contributed by atoms with E-state index in [9.17, 15) is 19.8 Å². The first-order chi connectivity index (χ1) is 19.7. The SMILES string of the molecule is CSc1c2sc(C3=C(C(=O)O)N4C(=O)[C@H]([C@@H](C)O)[C@H]4[C@H]3C)cn2c[n+]1Cc1ccc(C[n+]2cc3sccn3c2)cc1. The molecule has 5 aromatic rings. The van der Waals surface area contributed by atoms with E-state index in [-0.39, 0.29) is 23.6 Å². The standard InChI is InChI=1S/C29H28N5O4S3/c1-16-22(25(29(37)38)34-24(16)23(17(2)35)26(34)36)20-12-33-15-32(27(39-3)28(33)41-20)11-19-6-4-18(5-7-19)10-30-13-21-31(14-30)8-9-40-21/h4-9,12-17,23-24,35H,10-11H2,1-3H3/q+1/p+1/t16-,17+,23+,24+/m0/s1. The lowest BCUT2D eigenvalue weighted by atomic mass is 9.77. The summed E-state index contributed by atoms with van der Waals surface area (Å²) >= 11 is 4.93. The molecule has 2 aliphatic rings. The van der Waals surface area contributed by atoms with Crippen LogP contribution in [0.4, 0.5) is 0 Å². The van der Waals surface area contributed by atoms with Crippen LogP contribution in [-0.2, 0) is 22.7 Å². The maximum Gasteiger partial charge on any atom is 0.352 e. The van der Waals surface area contributed by atoms with E-state index in [1.807, 2.05) is 19.4 Å². The second-order valence-corrected chi connectivity index (χ2v) is 13.5. The summed E-state index contributed by atoms with van der Waals surface area (Å²) in [5, 5.41) is 23.4. The second-order valence-electron chi connectivity index (χ2n) is 10.8. The summed E-state index contributed by atoms with van der Waals surface area (Å²) in [5.41, 5.74) is 3.15. The number of amides is 1. The van der Waals surface area contributed by atoms with Crippen LogP contribution >= 0.6 is 34.4 Å². The Morgan fingerprint density at radius 3 is 2.54 bits per heavy atom. The van der Waals surface area contributed by atoms with E-state index in [4.69, 9.17) is 0 Å². The van der Waals surface area contributed by atoms with Gasteiger partial charge in [-0.3, -0.25) is 4.79 Å². The van der Waals surface area contributed by atoms with Crippen molar-refractivity contribution < 1.29 is 28.9 Å². The molecule has 0 saturated carbocycles. The number of thiazole rings is 2. The van der Waals surface area contributed by atoms with E-state index < -0.39 is 18.0 Å². The van der Waals surface area contributed by atoms with Gasteiger partial charge in [-0.05, 0) is 24.3 Å². The van der Waals surface area contributed by atoms with Crippen molar-refractivity contribution in [3.8, 4) is 0 Å². The molecule has 0 spiro atoms. The van der Waals surface area contributed by atoms with Crippen molar-refractivity contribution in [1.29, 1.82) is 0 Å². The Morgan fingerprint density at radius 2 is 1.88 bits per heavy atom. The van der Waals surface area contributed by atoms with Gasteiger partial charge in [-0.1, -0.05) is 65.6 Å². The van der Waals surface area contributed by atoms with Gasteiger partial charge >= 0.3 is 5.97 Å². The van der Waals surface area contributed by atoms with Gasteiger partial charge in [0, 0.05) is 16.9 Å². The lowest BCUT2D eigenvalue weighted by Crippen LogP contribution is -2.63. The number of hydrogen-bond acceptors (Lipinski definition) is 6. The number of carboxylic acid groups (broad SMARTS) is 1. The first-order valence-corrected chi connectivity index (χ1v) is 16.3. The van der Waals surface area contributed by atoms with Crippen molar-refractivity contribution in [3.63, 3.8) is 0 Å². The molecule has 2 N–H and O–H groups in total. The van der Waals surface area contributed by atoms with Crippen molar-refractivity contribution >= 4 is 61.5 Å². The molecule has 41 heavy (non-hydrogen) atoms. The Morgan fingerprint density at radius 1 is 1.15 bits per heavy atom. The molecular formula is C29H29N5O4S3+2. The molecule has 210 valence electrons. The summed E-state index contributed by atoms with van der Waals surface area (Å²) in [4.78, 5) is 29.5. The number of fused-ring (bicyclic) bond motifs is 3. The van der Waals surface area contributed by atoms with Gasteiger partial charge in [-0.15, -0.1) is 0 Å². The molecule has 1 saturated heterocycles. The minimum Gasteiger partial charge on any atom is -0.477 e. The number of benzene rings is 1. The molecule has 9 nitrogen and oxygen atoms in total. The largest absolute Gasteiger partial charge is 0.477 e. The highest BCUT2D eigenvalue weighted by Crippen LogP contribution is 2.51. The zero-order valence-corrected chi connectivity index (χ0v) is 25.1. The number of nitrogens with zero attached hydrogens (tertiary/aromatic N) is 5. The number of hydrogen-bond donors (Lipinski definition) is 2. The van der Waals surface area contributed by atoms with Crippen LogP contribution in [0.5, 0.6) is 0 Å². The lowest BCUT2D eigenvalue weighted by Gasteiger charge is -2.46. The molecule has 0 radical (unpaired) electrons. The number of β-lactam (4-membered cyclic amide) rings is 1. The van der Waals surface area contributed by atoms with E-state index in [1.165, 1.54) is 20.9 Å². The summed E-state index contributed by atoms with van der Waals surface area (Å²) in [6.07, 6.45) is 11.6. The van der Waals surface area contributed by atoms with E-state index >= 15 is 0 Å². The van der Waals surface area contributed by atoms with Crippen LogP contribution in [0.2, 0.25) is 0 Å². The van der Waals surface area contributed by atoms with Crippen LogP contribution in [0.1, 0.15) is 29.9 Å². The molecule has 6 heterocycles. The topological polar surface area (TPSA) is 94.4 Å². The zero-order chi connectivity index (χ0) is 28.6. The minimum absolute atomic E-state index is 0.0471. The summed E-state index contributed by atoms with van der Waals surface area (Å²) in [5.74, 6) is -2.18. The van der Waals surface area contributed by atoms with Crippen LogP contribution in [-0.4, -0.2) is 54.2 Å². The van der Waals surface area contributed by atoms with Crippen LogP contribution in [0.3, 0.4) is 0 Å². The normalized spacial score (nSPS) is 21.2. The average molecular weight is 608 g/mol. The summed E-state index contributed by atoms with van der Waals surface area (Å²) < 4.78 is 8.60. The monoisotopic (exact) mass is 607 g/mol. The maximum absolute atomic E-state index is 12.8. The van der Waals surface area contributed by atoms with E-state index in [2.05, 4.69) is 72.6 Å². The van der Waals surface area contributed by atoms with Crippen LogP contribution in [0.25, 0.3) is 15.2 Å². The van der Waals surface area contributed by atoms with Gasteiger partial charge in [0.05, 0.1) is 22.9 Å². The Kier molecular flexibility index (Phi) is 6.34. The third-order valence-corrected chi connectivity index (χ3v) is 11.1. The predicted molar refractivity (Wildman–Crippen MR) is 157 cm³/mol. The highest BCUT2D eigenvalue weighted by molar-refractivity contribution is 7.98. The fraction of sp³-hybridized carbons (Fsp3) is 0.310. The number of aliphatic carboxylic acids is 1. The van der Waals surface area contributed by atoms with Crippen LogP contribution < -0.4 is 9.13 Å². The number of imidazole rings is 2. The molecule has 7 rings (SSSR count). The van der Waals surface area contributed by atoms with Gasteiger partial charge in [0.25, 0.3) is 6.33 Å². The molecule has 0 bridgehead atoms. The van der Waals surface area contributed by atoms with E-state index in [0.717, 1.165) is 27.8 Å². The number of aromatic nitrogens is 4. The molecule has 1 fully saturated rings. The number of rotatable bonds is 8. The molecule has 1 aromatic carbocycles. The van der Waals surface area contributed by atoms with Crippen molar-refractivity contribution in [2.45, 2.75) is 44.1 Å². The third kappa shape index (κ3) is 4.15. The van der Waals surface area contributed by atoms with E-state index in [0.29, 0.717) is 5.57 Å². The predicted octanol–water partition coefficient (Wildman–Crippen LogP) is 3.36. The van der Waals surface area contributed by atoms with Crippen molar-refractivity contribution in [2.24, 2.45) is 11.8 Å². The number of carbonyl (C=O) groups is 2. The van der Waals surface area contributed by atoms with Gasteiger partial charge in [0.2, 0.25) is 26.9 Å². The molecule has 0 aliphatic carbocycles. The fourth-order valence-corrected chi connectivity index (χ4v) is 9.28. The Labute approximate surface area is 248 Å². The Balaban J connectivity index is 1.15. The lowest BCUT2D eigenvalue weighted by molar-refractivity contribution is -0.721. The number of carbonyl (C=O) groups excluding carboxylic acids is 1. The van der Waals surface area contributed by atoms with Crippen molar-refractivity contribution in [1.82, 2.24) is 13.7 Å². The third-order valence-electron chi connectivity index (χ3n) is 8.19. The Hall–Kier alpha value is -3.45. The summed E-state index contributed by atoms with van der Waals surface area (Å²) in [6, 6.07) is 8.37. The maximum atomic E-state index is 12.8. The van der Waals surface area contributed by atoms with Crippen LogP contribution in [0.15, 0.2) is 71.6 Å². The first-order valence-electron chi connectivity index (χ1n) is 13.3. The fourth-order valence-electron chi connectivity index (χ4n) is 6.34. The van der Waals surface area contributed by atoms with Gasteiger partial charge in [0.1, 0.15) is 37.4 Å².